The van der Waals surface area contributed by atoms with E-state index >= 15 is 0 Å². The Morgan fingerprint density at radius 3 is 2.62 bits per heavy atom. The second-order valence-corrected chi connectivity index (χ2v) is 5.35. The van der Waals surface area contributed by atoms with Crippen LogP contribution in [0.2, 0.25) is 0 Å². The standard InChI is InChI=1S/C16H21N3O2/c1-12(2)15(20)8-10-17-16(21)13-4-6-14(7-5-13)19-11-3-9-18-19/h3-7,9,11-12,15,20H,8,10H2,1-2H3,(H,17,21). The number of carbonyl (C=O) groups is 1. The Kier molecular flexibility index (Phi) is 5.11. The first-order chi connectivity index (χ1) is 10.1. The molecule has 2 rings (SSSR count). The van der Waals surface area contributed by atoms with Gasteiger partial charge in [-0.25, -0.2) is 4.68 Å². The number of nitrogens with zero attached hydrogens (tertiary/aromatic N) is 2. The van der Waals surface area contributed by atoms with Crippen molar-refractivity contribution in [2.75, 3.05) is 6.54 Å². The minimum absolute atomic E-state index is 0.127. The van der Waals surface area contributed by atoms with E-state index in [0.717, 1.165) is 5.69 Å². The average Bonchev–Trinajstić information content (AvgIpc) is 3.01. The van der Waals surface area contributed by atoms with E-state index in [1.54, 1.807) is 23.0 Å². The second-order valence-electron chi connectivity index (χ2n) is 5.35. The number of hydrogen-bond donors (Lipinski definition) is 2. The van der Waals surface area contributed by atoms with Crippen molar-refractivity contribution in [3.63, 3.8) is 0 Å². The predicted molar refractivity (Wildman–Crippen MR) is 81.4 cm³/mol. The van der Waals surface area contributed by atoms with Gasteiger partial charge in [0.1, 0.15) is 0 Å². The Labute approximate surface area is 124 Å². The fourth-order valence-corrected chi connectivity index (χ4v) is 1.96. The maximum Gasteiger partial charge on any atom is 0.251 e. The van der Waals surface area contributed by atoms with Gasteiger partial charge in [-0.15, -0.1) is 0 Å². The summed E-state index contributed by atoms with van der Waals surface area (Å²) in [6.07, 6.45) is 3.74. The van der Waals surface area contributed by atoms with E-state index in [-0.39, 0.29) is 17.9 Å². The SMILES string of the molecule is CC(C)C(O)CCNC(=O)c1ccc(-n2cccn2)cc1. The molecular formula is C16H21N3O2. The first-order valence-corrected chi connectivity index (χ1v) is 7.14. The van der Waals surface area contributed by atoms with Gasteiger partial charge in [-0.3, -0.25) is 4.79 Å². The summed E-state index contributed by atoms with van der Waals surface area (Å²) >= 11 is 0. The molecule has 1 amide bonds. The quantitative estimate of drug-likeness (QED) is 0.854. The molecule has 0 saturated heterocycles. The van der Waals surface area contributed by atoms with Gasteiger partial charge >= 0.3 is 0 Å². The highest BCUT2D eigenvalue weighted by Gasteiger charge is 2.10. The van der Waals surface area contributed by atoms with Gasteiger partial charge < -0.3 is 10.4 Å². The third-order valence-electron chi connectivity index (χ3n) is 3.39. The molecule has 21 heavy (non-hydrogen) atoms. The number of hydrogen-bond acceptors (Lipinski definition) is 3. The van der Waals surface area contributed by atoms with Gasteiger partial charge in [-0.05, 0) is 42.7 Å². The number of aliphatic hydroxyl groups excluding tert-OH is 1. The molecule has 0 aliphatic heterocycles. The monoisotopic (exact) mass is 287 g/mol. The summed E-state index contributed by atoms with van der Waals surface area (Å²) in [5, 5.41) is 16.6. The van der Waals surface area contributed by atoms with Crippen LogP contribution < -0.4 is 5.32 Å². The Morgan fingerprint density at radius 1 is 1.33 bits per heavy atom. The van der Waals surface area contributed by atoms with E-state index in [1.807, 2.05) is 38.2 Å². The summed E-state index contributed by atoms with van der Waals surface area (Å²) in [5.41, 5.74) is 1.51. The van der Waals surface area contributed by atoms with Gasteiger partial charge in [0.25, 0.3) is 5.91 Å². The molecule has 0 radical (unpaired) electrons. The van der Waals surface area contributed by atoms with Crippen molar-refractivity contribution in [2.24, 2.45) is 5.92 Å². The number of aliphatic hydroxyl groups is 1. The zero-order chi connectivity index (χ0) is 15.2. The van der Waals surface area contributed by atoms with Crippen molar-refractivity contribution in [3.8, 4) is 5.69 Å². The summed E-state index contributed by atoms with van der Waals surface area (Å²) in [7, 11) is 0. The van der Waals surface area contributed by atoms with Gasteiger partial charge in [0.15, 0.2) is 0 Å². The van der Waals surface area contributed by atoms with E-state index in [2.05, 4.69) is 10.4 Å². The van der Waals surface area contributed by atoms with Crippen LogP contribution in [-0.2, 0) is 0 Å². The lowest BCUT2D eigenvalue weighted by molar-refractivity contribution is 0.0920. The highest BCUT2D eigenvalue weighted by molar-refractivity contribution is 5.94. The Bertz CT molecular complexity index is 562. The molecule has 5 nitrogen and oxygen atoms in total. The minimum atomic E-state index is -0.382. The van der Waals surface area contributed by atoms with Crippen LogP contribution in [0, 0.1) is 5.92 Å². The van der Waals surface area contributed by atoms with Crippen LogP contribution in [0.25, 0.3) is 5.69 Å². The molecule has 0 spiro atoms. The van der Waals surface area contributed by atoms with E-state index in [9.17, 15) is 9.90 Å². The molecule has 0 aliphatic carbocycles. The molecule has 1 unspecified atom stereocenters. The lowest BCUT2D eigenvalue weighted by Crippen LogP contribution is -2.28. The number of amides is 1. The molecule has 0 saturated carbocycles. The van der Waals surface area contributed by atoms with Gasteiger partial charge in [0.2, 0.25) is 0 Å². The largest absolute Gasteiger partial charge is 0.393 e. The van der Waals surface area contributed by atoms with Crippen molar-refractivity contribution >= 4 is 5.91 Å². The number of benzene rings is 1. The summed E-state index contributed by atoms with van der Waals surface area (Å²) in [4.78, 5) is 12.0. The topological polar surface area (TPSA) is 67.2 Å². The van der Waals surface area contributed by atoms with Crippen LogP contribution in [0.5, 0.6) is 0 Å². The molecule has 1 atom stereocenters. The average molecular weight is 287 g/mol. The number of carbonyl (C=O) groups excluding carboxylic acids is 1. The predicted octanol–water partition coefficient (Wildman–Crippen LogP) is 2.01. The molecule has 112 valence electrons. The van der Waals surface area contributed by atoms with Crippen LogP contribution >= 0.6 is 0 Å². The van der Waals surface area contributed by atoms with Crippen LogP contribution in [-0.4, -0.2) is 33.4 Å². The smallest absolute Gasteiger partial charge is 0.251 e. The summed E-state index contributed by atoms with van der Waals surface area (Å²) < 4.78 is 1.74. The van der Waals surface area contributed by atoms with Crippen molar-refractivity contribution in [3.05, 3.63) is 48.3 Å². The Balaban J connectivity index is 1.88. The molecule has 1 heterocycles. The summed E-state index contributed by atoms with van der Waals surface area (Å²) in [5.74, 6) is 0.0771. The molecule has 0 bridgehead atoms. The lowest BCUT2D eigenvalue weighted by atomic mass is 10.0. The zero-order valence-corrected chi connectivity index (χ0v) is 12.4. The lowest BCUT2D eigenvalue weighted by Gasteiger charge is -2.14. The summed E-state index contributed by atoms with van der Waals surface area (Å²) in [6.45, 7) is 4.39. The number of nitrogens with one attached hydrogen (secondary N) is 1. The molecule has 2 aromatic rings. The van der Waals surface area contributed by atoms with E-state index in [0.29, 0.717) is 18.5 Å². The van der Waals surface area contributed by atoms with Crippen LogP contribution in [0.4, 0.5) is 0 Å². The van der Waals surface area contributed by atoms with Crippen molar-refractivity contribution in [1.29, 1.82) is 0 Å². The van der Waals surface area contributed by atoms with E-state index in [4.69, 9.17) is 0 Å². The molecule has 2 N–H and O–H groups in total. The molecular weight excluding hydrogens is 266 g/mol. The van der Waals surface area contributed by atoms with Crippen LogP contribution in [0.15, 0.2) is 42.7 Å². The van der Waals surface area contributed by atoms with Gasteiger partial charge in [-0.1, -0.05) is 13.8 Å². The van der Waals surface area contributed by atoms with Crippen LogP contribution in [0.1, 0.15) is 30.6 Å². The van der Waals surface area contributed by atoms with E-state index in [1.165, 1.54) is 0 Å². The highest BCUT2D eigenvalue weighted by atomic mass is 16.3. The minimum Gasteiger partial charge on any atom is -0.393 e. The Hall–Kier alpha value is -2.14. The molecule has 0 aliphatic rings. The fraction of sp³-hybridized carbons (Fsp3) is 0.375. The molecule has 1 aromatic carbocycles. The first-order valence-electron chi connectivity index (χ1n) is 7.14. The van der Waals surface area contributed by atoms with Crippen molar-refractivity contribution < 1.29 is 9.90 Å². The third kappa shape index (κ3) is 4.16. The van der Waals surface area contributed by atoms with Gasteiger partial charge in [0, 0.05) is 24.5 Å². The molecule has 5 heteroatoms. The summed E-state index contributed by atoms with van der Waals surface area (Å²) in [6, 6.07) is 9.09. The normalized spacial score (nSPS) is 12.4. The first kappa shape index (κ1) is 15.3. The fourth-order valence-electron chi connectivity index (χ4n) is 1.96. The number of rotatable bonds is 6. The maximum atomic E-state index is 12.0. The highest BCUT2D eigenvalue weighted by Crippen LogP contribution is 2.09. The zero-order valence-electron chi connectivity index (χ0n) is 12.4. The van der Waals surface area contributed by atoms with Gasteiger partial charge in [-0.2, -0.15) is 5.10 Å². The second kappa shape index (κ2) is 7.04. The maximum absolute atomic E-state index is 12.0. The molecule has 0 fully saturated rings. The number of aromatic nitrogens is 2. The molecule has 1 aromatic heterocycles. The van der Waals surface area contributed by atoms with Crippen molar-refractivity contribution in [2.45, 2.75) is 26.4 Å². The van der Waals surface area contributed by atoms with Crippen molar-refractivity contribution in [1.82, 2.24) is 15.1 Å². The van der Waals surface area contributed by atoms with E-state index < -0.39 is 0 Å². The third-order valence-corrected chi connectivity index (χ3v) is 3.39. The van der Waals surface area contributed by atoms with Crippen LogP contribution in [0.3, 0.4) is 0 Å². The van der Waals surface area contributed by atoms with Gasteiger partial charge in [0.05, 0.1) is 11.8 Å². The Morgan fingerprint density at radius 2 is 2.05 bits per heavy atom.